The Morgan fingerprint density at radius 2 is 1.84 bits per heavy atom. The van der Waals surface area contributed by atoms with Crippen molar-refractivity contribution < 1.29 is 18.6 Å². The van der Waals surface area contributed by atoms with E-state index in [1.165, 1.54) is 11.1 Å². The molecule has 0 saturated carbocycles. The van der Waals surface area contributed by atoms with Crippen LogP contribution in [-0.2, 0) is 0 Å². The van der Waals surface area contributed by atoms with Crippen LogP contribution in [0.4, 0.5) is 8.78 Å². The molecular weight excluding hydrogens is 420 g/mol. The van der Waals surface area contributed by atoms with Crippen molar-refractivity contribution in [3.8, 4) is 5.75 Å². The molecule has 3 nitrogen and oxygen atoms in total. The van der Waals surface area contributed by atoms with Crippen molar-refractivity contribution in [3.05, 3.63) is 69.8 Å². The van der Waals surface area contributed by atoms with Crippen molar-refractivity contribution in [1.29, 1.82) is 0 Å². The number of benzene rings is 2. The summed E-state index contributed by atoms with van der Waals surface area (Å²) in [7, 11) is 1.65. The molecule has 0 bridgehead atoms. The number of allylic oxidation sites excluding steroid dienone is 1. The van der Waals surface area contributed by atoms with Gasteiger partial charge in [-0.15, -0.1) is 0 Å². The molecule has 0 heterocycles. The third-order valence-corrected chi connectivity index (χ3v) is 6.23. The lowest BCUT2D eigenvalue weighted by molar-refractivity contribution is 0.136. The summed E-state index contributed by atoms with van der Waals surface area (Å²) in [6.45, 7) is 6.84. The summed E-state index contributed by atoms with van der Waals surface area (Å²) in [4.78, 5) is 0. The van der Waals surface area contributed by atoms with Crippen LogP contribution in [-0.4, -0.2) is 24.8 Å². The molecule has 168 valence electrons. The highest BCUT2D eigenvalue weighted by atomic mass is 35.5. The van der Waals surface area contributed by atoms with Gasteiger partial charge in [-0.2, -0.15) is 0 Å². The first-order valence-electron chi connectivity index (χ1n) is 10.5. The Balaban J connectivity index is 1.86. The van der Waals surface area contributed by atoms with Crippen molar-refractivity contribution >= 4 is 17.2 Å². The van der Waals surface area contributed by atoms with Crippen LogP contribution in [0.15, 0.2) is 42.0 Å². The first kappa shape index (κ1) is 23.7. The molecule has 6 heteroatoms. The third kappa shape index (κ3) is 5.85. The molecule has 2 aromatic carbocycles. The molecule has 2 aromatic rings. The minimum absolute atomic E-state index is 0.153. The van der Waals surface area contributed by atoms with E-state index in [1.807, 2.05) is 25.1 Å². The summed E-state index contributed by atoms with van der Waals surface area (Å²) >= 11 is 6.27. The van der Waals surface area contributed by atoms with E-state index >= 15 is 0 Å². The zero-order valence-electron chi connectivity index (χ0n) is 18.4. The summed E-state index contributed by atoms with van der Waals surface area (Å²) in [6, 6.07) is 8.34. The van der Waals surface area contributed by atoms with Crippen LogP contribution in [0.2, 0.25) is 5.02 Å². The number of ether oxygens (including phenoxy) is 1. The lowest BCUT2D eigenvalue weighted by Crippen LogP contribution is -2.35. The maximum absolute atomic E-state index is 13.6. The van der Waals surface area contributed by atoms with Gasteiger partial charge in [0.25, 0.3) is 0 Å². The van der Waals surface area contributed by atoms with Gasteiger partial charge in [0, 0.05) is 29.2 Å². The Labute approximate surface area is 188 Å². The monoisotopic (exact) mass is 449 g/mol. The maximum atomic E-state index is 13.6. The molecule has 2 atom stereocenters. The van der Waals surface area contributed by atoms with Gasteiger partial charge in [-0.3, -0.25) is 0 Å². The van der Waals surface area contributed by atoms with E-state index in [9.17, 15) is 13.9 Å². The summed E-state index contributed by atoms with van der Waals surface area (Å²) in [6.07, 6.45) is 1.80. The molecule has 1 aliphatic rings. The molecule has 0 aliphatic heterocycles. The van der Waals surface area contributed by atoms with Crippen LogP contribution in [0, 0.1) is 17.0 Å². The number of aliphatic hydroxyl groups excluding tert-OH is 1. The Morgan fingerprint density at radius 1 is 1.16 bits per heavy atom. The zero-order chi connectivity index (χ0) is 22.8. The van der Waals surface area contributed by atoms with Crippen LogP contribution >= 0.6 is 11.6 Å². The predicted molar refractivity (Wildman–Crippen MR) is 121 cm³/mol. The van der Waals surface area contributed by atoms with Gasteiger partial charge in [-0.05, 0) is 73.1 Å². The number of hydrogen-bond donors (Lipinski definition) is 2. The third-order valence-electron chi connectivity index (χ3n) is 5.99. The number of aliphatic hydroxyl groups is 1. The molecule has 0 amide bonds. The average molecular weight is 450 g/mol. The van der Waals surface area contributed by atoms with Gasteiger partial charge >= 0.3 is 0 Å². The Hall–Kier alpha value is -1.95. The number of methoxy groups -OCH3 is 1. The lowest BCUT2D eigenvalue weighted by atomic mass is 9.72. The van der Waals surface area contributed by atoms with E-state index in [-0.39, 0.29) is 11.0 Å². The zero-order valence-corrected chi connectivity index (χ0v) is 19.2. The van der Waals surface area contributed by atoms with Crippen molar-refractivity contribution in [2.24, 2.45) is 5.41 Å². The van der Waals surface area contributed by atoms with Gasteiger partial charge in [-0.1, -0.05) is 31.0 Å². The van der Waals surface area contributed by atoms with Crippen LogP contribution in [0.1, 0.15) is 57.3 Å². The van der Waals surface area contributed by atoms with Gasteiger partial charge in [0.2, 0.25) is 0 Å². The van der Waals surface area contributed by atoms with E-state index in [0.29, 0.717) is 11.6 Å². The standard InChI is InChI=1S/C25H30ClF2NO2/c1-15(24(30)16-9-19(27)12-20(28)10-16)29-14-17-13-25(2,3)8-7-21(17)22-11-18(26)5-6-23(22)31-4/h5-6,9-12,15,24,29-30H,7-8,13-14H2,1-4H3/t15-,24-/m0/s1. The van der Waals surface area contributed by atoms with Gasteiger partial charge in [-0.25, -0.2) is 8.78 Å². The molecule has 0 aromatic heterocycles. The van der Waals surface area contributed by atoms with E-state index in [1.54, 1.807) is 7.11 Å². The molecule has 0 spiro atoms. The number of rotatable bonds is 7. The smallest absolute Gasteiger partial charge is 0.126 e. The Morgan fingerprint density at radius 3 is 2.48 bits per heavy atom. The second-order valence-electron chi connectivity index (χ2n) is 9.08. The fraction of sp³-hybridized carbons (Fsp3) is 0.440. The lowest BCUT2D eigenvalue weighted by Gasteiger charge is -2.35. The van der Waals surface area contributed by atoms with Crippen LogP contribution in [0.25, 0.3) is 5.57 Å². The predicted octanol–water partition coefficient (Wildman–Crippen LogP) is 6.30. The quantitative estimate of drug-likeness (QED) is 0.521. The largest absolute Gasteiger partial charge is 0.496 e. The van der Waals surface area contributed by atoms with Crippen molar-refractivity contribution in [1.82, 2.24) is 5.32 Å². The summed E-state index contributed by atoms with van der Waals surface area (Å²) in [5.41, 5.74) is 3.78. The van der Waals surface area contributed by atoms with Gasteiger partial charge in [0.05, 0.1) is 13.2 Å². The molecule has 0 unspecified atom stereocenters. The first-order chi connectivity index (χ1) is 14.6. The molecule has 0 saturated heterocycles. The first-order valence-corrected chi connectivity index (χ1v) is 10.9. The molecule has 1 aliphatic carbocycles. The fourth-order valence-electron chi connectivity index (χ4n) is 4.25. The van der Waals surface area contributed by atoms with Crippen LogP contribution in [0.3, 0.4) is 0 Å². The topological polar surface area (TPSA) is 41.5 Å². The molecule has 31 heavy (non-hydrogen) atoms. The Bertz CT molecular complexity index is 954. The summed E-state index contributed by atoms with van der Waals surface area (Å²) < 4.78 is 32.7. The second-order valence-corrected chi connectivity index (χ2v) is 9.52. The highest BCUT2D eigenvalue weighted by molar-refractivity contribution is 6.30. The molecule has 0 radical (unpaired) electrons. The number of nitrogens with one attached hydrogen (secondary N) is 1. The van der Waals surface area contributed by atoms with Gasteiger partial charge in [0.1, 0.15) is 17.4 Å². The summed E-state index contributed by atoms with van der Waals surface area (Å²) in [5, 5.41) is 14.6. The van der Waals surface area contributed by atoms with Crippen molar-refractivity contribution in [2.45, 2.75) is 52.2 Å². The maximum Gasteiger partial charge on any atom is 0.126 e. The van der Waals surface area contributed by atoms with Crippen LogP contribution < -0.4 is 10.1 Å². The van der Waals surface area contributed by atoms with E-state index in [4.69, 9.17) is 16.3 Å². The van der Waals surface area contributed by atoms with E-state index < -0.39 is 23.8 Å². The molecule has 2 N–H and O–H groups in total. The molecular formula is C25H30ClF2NO2. The minimum atomic E-state index is -1.04. The summed E-state index contributed by atoms with van der Waals surface area (Å²) in [5.74, 6) is -0.624. The minimum Gasteiger partial charge on any atom is -0.496 e. The normalized spacial score (nSPS) is 18.1. The second kappa shape index (κ2) is 9.68. The molecule has 0 fully saturated rings. The van der Waals surface area contributed by atoms with Crippen molar-refractivity contribution in [3.63, 3.8) is 0 Å². The average Bonchev–Trinajstić information content (AvgIpc) is 2.70. The van der Waals surface area contributed by atoms with E-state index in [0.717, 1.165) is 48.8 Å². The Kier molecular flexibility index (Phi) is 7.40. The van der Waals surface area contributed by atoms with E-state index in [2.05, 4.69) is 19.2 Å². The highest BCUT2D eigenvalue weighted by Gasteiger charge is 2.29. The fourth-order valence-corrected chi connectivity index (χ4v) is 4.43. The number of hydrogen-bond acceptors (Lipinski definition) is 3. The van der Waals surface area contributed by atoms with Gasteiger partial charge in [0.15, 0.2) is 0 Å². The molecule has 3 rings (SSSR count). The highest BCUT2D eigenvalue weighted by Crippen LogP contribution is 2.44. The van der Waals surface area contributed by atoms with Gasteiger partial charge < -0.3 is 15.2 Å². The number of halogens is 3. The SMILES string of the molecule is COc1ccc(Cl)cc1C1=C(CN[C@@H](C)[C@H](O)c2cc(F)cc(F)c2)CC(C)(C)CC1. The van der Waals surface area contributed by atoms with Crippen LogP contribution in [0.5, 0.6) is 5.75 Å². The van der Waals surface area contributed by atoms with Crippen molar-refractivity contribution in [2.75, 3.05) is 13.7 Å².